The number of hydrazine groups is 1. The van der Waals surface area contributed by atoms with Crippen LogP contribution in [0.3, 0.4) is 0 Å². The summed E-state index contributed by atoms with van der Waals surface area (Å²) in [5, 5.41) is 1.47. The van der Waals surface area contributed by atoms with Gasteiger partial charge in [0.2, 0.25) is 0 Å². The van der Waals surface area contributed by atoms with Crippen molar-refractivity contribution in [3.63, 3.8) is 0 Å². The molecule has 1 N–H and O–H groups in total. The molecule has 1 aliphatic heterocycles. The summed E-state index contributed by atoms with van der Waals surface area (Å²) in [6, 6.07) is 5.83. The first kappa shape index (κ1) is 15.6. The zero-order valence-corrected chi connectivity index (χ0v) is 12.4. The molecular formula is C14H10F3N3O2S. The number of amides is 2. The van der Waals surface area contributed by atoms with E-state index in [2.05, 4.69) is 10.4 Å². The minimum Gasteiger partial charge on any atom is -0.272 e. The van der Waals surface area contributed by atoms with Gasteiger partial charge in [-0.05, 0) is 24.3 Å². The Bertz CT molecular complexity index is 794. The molecule has 5 nitrogen and oxygen atoms in total. The molecule has 1 aromatic heterocycles. The maximum atomic E-state index is 12.7. The second kappa shape index (κ2) is 5.73. The van der Waals surface area contributed by atoms with E-state index in [1.54, 1.807) is 0 Å². The van der Waals surface area contributed by atoms with Crippen LogP contribution in [0.4, 0.5) is 13.2 Å². The highest BCUT2D eigenvalue weighted by Gasteiger charge is 2.30. The highest BCUT2D eigenvalue weighted by molar-refractivity contribution is 8.00. The lowest BCUT2D eigenvalue weighted by Gasteiger charge is -2.15. The van der Waals surface area contributed by atoms with E-state index < -0.39 is 17.6 Å². The topological polar surface area (TPSA) is 62.3 Å². The van der Waals surface area contributed by atoms with Crippen LogP contribution >= 0.6 is 11.8 Å². The van der Waals surface area contributed by atoms with E-state index in [-0.39, 0.29) is 22.5 Å². The number of aromatic nitrogens is 1. The SMILES string of the molecule is O=C(NN1CSCC1=O)c1ccc2cc(C(F)(F)F)ccc2n1. The molecule has 0 spiro atoms. The summed E-state index contributed by atoms with van der Waals surface area (Å²) in [6.45, 7) is 0. The Kier molecular flexibility index (Phi) is 3.88. The van der Waals surface area contributed by atoms with Crippen LogP contribution < -0.4 is 5.43 Å². The van der Waals surface area contributed by atoms with Crippen molar-refractivity contribution >= 4 is 34.5 Å². The molecule has 3 rings (SSSR count). The standard InChI is InChI=1S/C14H10F3N3O2S/c15-14(16,17)9-2-4-10-8(5-9)1-3-11(18-10)13(22)19-20-7-23-6-12(20)21/h1-5H,6-7H2,(H,19,22). The van der Waals surface area contributed by atoms with Crippen molar-refractivity contribution in [2.75, 3.05) is 11.6 Å². The summed E-state index contributed by atoms with van der Waals surface area (Å²) in [5.41, 5.74) is 1.95. The Morgan fingerprint density at radius 1 is 1.26 bits per heavy atom. The summed E-state index contributed by atoms with van der Waals surface area (Å²) in [4.78, 5) is 27.5. The molecule has 0 atom stereocenters. The number of carbonyl (C=O) groups excluding carboxylic acids is 2. The number of pyridine rings is 1. The second-order valence-corrected chi connectivity index (χ2v) is 5.80. The summed E-state index contributed by atoms with van der Waals surface area (Å²) in [6.07, 6.45) is -4.43. The van der Waals surface area contributed by atoms with Gasteiger partial charge in [0.1, 0.15) is 5.69 Å². The van der Waals surface area contributed by atoms with Gasteiger partial charge in [0.25, 0.3) is 11.8 Å². The molecule has 0 radical (unpaired) electrons. The molecule has 9 heteroatoms. The number of alkyl halides is 3. The third-order valence-electron chi connectivity index (χ3n) is 3.23. The second-order valence-electron chi connectivity index (χ2n) is 4.84. The zero-order valence-electron chi connectivity index (χ0n) is 11.6. The normalized spacial score (nSPS) is 15.3. The van der Waals surface area contributed by atoms with E-state index >= 15 is 0 Å². The number of benzene rings is 1. The average molecular weight is 341 g/mol. The first-order valence-corrected chi connectivity index (χ1v) is 7.67. The number of halogens is 3. The molecule has 1 fully saturated rings. The van der Waals surface area contributed by atoms with Crippen LogP contribution in [0, 0.1) is 0 Å². The number of nitrogens with one attached hydrogen (secondary N) is 1. The van der Waals surface area contributed by atoms with Gasteiger partial charge in [-0.15, -0.1) is 11.8 Å². The smallest absolute Gasteiger partial charge is 0.272 e. The van der Waals surface area contributed by atoms with Gasteiger partial charge in [-0.1, -0.05) is 6.07 Å². The molecule has 0 unspecified atom stereocenters. The van der Waals surface area contributed by atoms with E-state index in [0.717, 1.165) is 12.1 Å². The fourth-order valence-electron chi connectivity index (χ4n) is 2.08. The molecular weight excluding hydrogens is 331 g/mol. The summed E-state index contributed by atoms with van der Waals surface area (Å²) < 4.78 is 38.0. The number of nitrogens with zero attached hydrogens (tertiary/aromatic N) is 2. The number of carbonyl (C=O) groups is 2. The zero-order chi connectivity index (χ0) is 16.6. The Hall–Kier alpha value is -2.29. The molecule has 2 heterocycles. The molecule has 1 aromatic carbocycles. The van der Waals surface area contributed by atoms with Crippen LogP contribution in [0.25, 0.3) is 10.9 Å². The quantitative estimate of drug-likeness (QED) is 0.911. The largest absolute Gasteiger partial charge is 0.416 e. The van der Waals surface area contributed by atoms with Crippen LogP contribution in [0.2, 0.25) is 0 Å². The first-order chi connectivity index (χ1) is 10.8. The molecule has 0 aliphatic carbocycles. The lowest BCUT2D eigenvalue weighted by Crippen LogP contribution is -2.43. The van der Waals surface area contributed by atoms with Crippen molar-refractivity contribution in [1.82, 2.24) is 15.4 Å². The third-order valence-corrected chi connectivity index (χ3v) is 4.12. The summed E-state index contributed by atoms with van der Waals surface area (Å²) in [5.74, 6) is -0.139. The fraction of sp³-hybridized carbons (Fsp3) is 0.214. The van der Waals surface area contributed by atoms with E-state index in [1.165, 1.54) is 35.0 Å². The number of hydrogen-bond acceptors (Lipinski definition) is 4. The molecule has 2 amide bonds. The molecule has 120 valence electrons. The lowest BCUT2D eigenvalue weighted by atomic mass is 10.1. The predicted molar refractivity (Wildman–Crippen MR) is 78.4 cm³/mol. The predicted octanol–water partition coefficient (Wildman–Crippen LogP) is 2.43. The molecule has 0 saturated carbocycles. The van der Waals surface area contributed by atoms with Gasteiger partial charge < -0.3 is 0 Å². The van der Waals surface area contributed by atoms with Crippen LogP contribution in [-0.2, 0) is 11.0 Å². The minimum atomic E-state index is -4.43. The number of rotatable bonds is 2. The average Bonchev–Trinajstić information content (AvgIpc) is 2.90. The van der Waals surface area contributed by atoms with Crippen molar-refractivity contribution in [1.29, 1.82) is 0 Å². The van der Waals surface area contributed by atoms with Crippen LogP contribution in [0.5, 0.6) is 0 Å². The third kappa shape index (κ3) is 3.24. The van der Waals surface area contributed by atoms with Gasteiger partial charge in [-0.2, -0.15) is 13.2 Å². The number of fused-ring (bicyclic) bond motifs is 1. The highest BCUT2D eigenvalue weighted by atomic mass is 32.2. The van der Waals surface area contributed by atoms with Crippen molar-refractivity contribution in [3.8, 4) is 0 Å². The van der Waals surface area contributed by atoms with Gasteiger partial charge in [-0.3, -0.25) is 15.0 Å². The Balaban J connectivity index is 1.85. The van der Waals surface area contributed by atoms with E-state index in [1.807, 2.05) is 0 Å². The Morgan fingerprint density at radius 2 is 2.04 bits per heavy atom. The van der Waals surface area contributed by atoms with E-state index in [9.17, 15) is 22.8 Å². The molecule has 1 aliphatic rings. The maximum absolute atomic E-state index is 12.7. The highest BCUT2D eigenvalue weighted by Crippen LogP contribution is 2.31. The molecule has 2 aromatic rings. The van der Waals surface area contributed by atoms with Gasteiger partial charge in [0, 0.05) is 5.39 Å². The maximum Gasteiger partial charge on any atom is 0.416 e. The number of thioether (sulfide) groups is 1. The summed E-state index contributed by atoms with van der Waals surface area (Å²) >= 11 is 1.37. The van der Waals surface area contributed by atoms with Crippen LogP contribution in [0.15, 0.2) is 30.3 Å². The first-order valence-electron chi connectivity index (χ1n) is 6.52. The lowest BCUT2D eigenvalue weighted by molar-refractivity contribution is -0.137. The van der Waals surface area contributed by atoms with E-state index in [0.29, 0.717) is 11.6 Å². The van der Waals surface area contributed by atoms with Crippen LogP contribution in [-0.4, -0.2) is 33.4 Å². The fourth-order valence-corrected chi connectivity index (χ4v) is 2.89. The van der Waals surface area contributed by atoms with Crippen molar-refractivity contribution < 1.29 is 22.8 Å². The van der Waals surface area contributed by atoms with Gasteiger partial charge in [-0.25, -0.2) is 9.99 Å². The van der Waals surface area contributed by atoms with Crippen molar-refractivity contribution in [2.45, 2.75) is 6.18 Å². The van der Waals surface area contributed by atoms with E-state index in [4.69, 9.17) is 0 Å². The van der Waals surface area contributed by atoms with Crippen molar-refractivity contribution in [2.24, 2.45) is 0 Å². The van der Waals surface area contributed by atoms with Crippen LogP contribution in [0.1, 0.15) is 16.1 Å². The summed E-state index contributed by atoms with van der Waals surface area (Å²) in [7, 11) is 0. The minimum absolute atomic E-state index is 0.0296. The number of hydrogen-bond donors (Lipinski definition) is 1. The Labute approximate surface area is 132 Å². The monoisotopic (exact) mass is 341 g/mol. The van der Waals surface area contributed by atoms with Gasteiger partial charge in [0.05, 0.1) is 22.7 Å². The molecule has 23 heavy (non-hydrogen) atoms. The molecule has 0 bridgehead atoms. The van der Waals surface area contributed by atoms with Crippen molar-refractivity contribution in [3.05, 3.63) is 41.6 Å². The molecule has 1 saturated heterocycles. The Morgan fingerprint density at radius 3 is 2.70 bits per heavy atom. The van der Waals surface area contributed by atoms with Gasteiger partial charge in [0.15, 0.2) is 0 Å². The van der Waals surface area contributed by atoms with Gasteiger partial charge >= 0.3 is 6.18 Å².